The summed E-state index contributed by atoms with van der Waals surface area (Å²) in [5.74, 6) is 1.31. The van der Waals surface area contributed by atoms with Crippen molar-refractivity contribution in [1.82, 2.24) is 44.6 Å². The fourth-order valence-electron chi connectivity index (χ4n) is 8.13. The summed E-state index contributed by atoms with van der Waals surface area (Å²) in [7, 11) is 1.24. The van der Waals surface area contributed by atoms with Gasteiger partial charge in [0.1, 0.15) is 35.4 Å². The number of halogens is 1. The van der Waals surface area contributed by atoms with Crippen LogP contribution in [0.5, 0.6) is 5.75 Å². The third-order valence-corrected chi connectivity index (χ3v) is 12.3. The average molecular weight is 894 g/mol. The number of fused-ring (bicyclic) bond motifs is 5. The quantitative estimate of drug-likeness (QED) is 0.114. The minimum Gasteiger partial charge on any atom is -0.464 e. The highest BCUT2D eigenvalue weighted by Gasteiger charge is 2.37. The highest BCUT2D eigenvalue weighted by atomic mass is 32.1. The number of aromatic nitrogens is 6. The minimum atomic E-state index is -0.689. The number of alkyl carbamates (subject to hydrolysis) is 1. The Balaban J connectivity index is 0.00000182. The second-order valence-corrected chi connectivity index (χ2v) is 18.6. The molecule has 64 heavy (non-hydrogen) atoms. The van der Waals surface area contributed by atoms with Crippen LogP contribution in [0.4, 0.5) is 14.0 Å². The first kappa shape index (κ1) is 44.4. The number of nitrogens with one attached hydrogen (secondary N) is 3. The van der Waals surface area contributed by atoms with Gasteiger partial charge in [0.2, 0.25) is 12.1 Å². The second-order valence-electron chi connectivity index (χ2n) is 17.5. The van der Waals surface area contributed by atoms with Crippen LogP contribution in [-0.2, 0) is 20.8 Å². The molecule has 0 radical (unpaired) electrons. The van der Waals surface area contributed by atoms with E-state index in [1.807, 2.05) is 62.7 Å². The molecule has 338 valence electrons. The van der Waals surface area contributed by atoms with Gasteiger partial charge < -0.3 is 34.4 Å². The number of rotatable bonds is 11. The van der Waals surface area contributed by atoms with E-state index in [1.54, 1.807) is 33.5 Å². The van der Waals surface area contributed by atoms with Crippen molar-refractivity contribution in [1.29, 1.82) is 0 Å². The summed E-state index contributed by atoms with van der Waals surface area (Å²) in [5.41, 5.74) is 4.08. The summed E-state index contributed by atoms with van der Waals surface area (Å²) in [4.78, 5) is 62.5. The van der Waals surface area contributed by atoms with Crippen molar-refractivity contribution in [3.63, 3.8) is 0 Å². The molecule has 9 rings (SSSR count). The standard InChI is InChI=1S/C44H48FN9O6S.C3H8/c1-6-13-52(37(55)22-49-42(56)58-5)23-36-46-19-30(50-36)26-16-28(45)38-33-17-27-15-25(29-20-47-39(51-29)32-8-7-14-53(32)43(57)60-44(2,3)4)11-12-31(27)54(33)41(59-34(38)18-26)35-21-48-40(61-35)24-9-10-24;1-3-2/h11-12,15-21,24,32,41H,6-10,13-14,22-23H2,1-5H3,(H,46,50)(H,47,51)(H,49,56);3H2,1-2H3. The third-order valence-electron chi connectivity index (χ3n) is 11.1. The van der Waals surface area contributed by atoms with Gasteiger partial charge in [-0.25, -0.2) is 28.9 Å². The Hall–Kier alpha value is -6.23. The summed E-state index contributed by atoms with van der Waals surface area (Å²) in [6.07, 6.45) is 9.47. The Bertz CT molecular complexity index is 2660. The van der Waals surface area contributed by atoms with Gasteiger partial charge >= 0.3 is 12.2 Å². The molecule has 2 aliphatic heterocycles. The molecule has 15 nitrogen and oxygen atoms in total. The van der Waals surface area contributed by atoms with E-state index in [1.165, 1.54) is 19.6 Å². The number of likely N-dealkylation sites (tertiary alicyclic amines) is 1. The Labute approximate surface area is 375 Å². The van der Waals surface area contributed by atoms with Gasteiger partial charge in [-0.05, 0) is 83.2 Å². The van der Waals surface area contributed by atoms with Crippen LogP contribution in [0, 0.1) is 5.82 Å². The van der Waals surface area contributed by atoms with Gasteiger partial charge in [0.15, 0.2) is 0 Å². The first-order valence-corrected chi connectivity index (χ1v) is 22.9. The number of benzene rings is 2. The smallest absolute Gasteiger partial charge is 0.410 e. The fourth-order valence-corrected chi connectivity index (χ4v) is 9.24. The summed E-state index contributed by atoms with van der Waals surface area (Å²) in [5, 5.41) is 4.40. The molecule has 1 aliphatic carbocycles. The lowest BCUT2D eigenvalue weighted by Gasteiger charge is -2.29. The highest BCUT2D eigenvalue weighted by Crippen LogP contribution is 2.49. The summed E-state index contributed by atoms with van der Waals surface area (Å²) in [6.45, 7) is 12.8. The first-order chi connectivity index (χ1) is 30.8. The zero-order valence-electron chi connectivity index (χ0n) is 37.4. The molecule has 3 amide bonds. The maximum atomic E-state index is 16.7. The number of hydrogen-bond acceptors (Lipinski definition) is 10. The largest absolute Gasteiger partial charge is 0.464 e. The second kappa shape index (κ2) is 18.5. The van der Waals surface area contributed by atoms with Gasteiger partial charge in [-0.3, -0.25) is 14.3 Å². The Kier molecular flexibility index (Phi) is 12.8. The maximum absolute atomic E-state index is 16.7. The van der Waals surface area contributed by atoms with Crippen molar-refractivity contribution < 1.29 is 33.0 Å². The fraction of sp³-hybridized carbons (Fsp3) is 0.447. The molecule has 17 heteroatoms. The van der Waals surface area contributed by atoms with Crippen LogP contribution in [0.1, 0.15) is 120 Å². The molecular weight excluding hydrogens is 838 g/mol. The summed E-state index contributed by atoms with van der Waals surface area (Å²) < 4.78 is 35.8. The van der Waals surface area contributed by atoms with Crippen LogP contribution < -0.4 is 10.1 Å². The van der Waals surface area contributed by atoms with Gasteiger partial charge in [-0.1, -0.05) is 33.3 Å². The van der Waals surface area contributed by atoms with E-state index in [2.05, 4.69) is 44.9 Å². The van der Waals surface area contributed by atoms with Crippen LogP contribution >= 0.6 is 11.3 Å². The lowest BCUT2D eigenvalue weighted by molar-refractivity contribution is -0.130. The maximum Gasteiger partial charge on any atom is 0.410 e. The van der Waals surface area contributed by atoms with Crippen molar-refractivity contribution in [2.75, 3.05) is 26.7 Å². The van der Waals surface area contributed by atoms with Crippen LogP contribution in [-0.4, -0.2) is 89.7 Å². The third kappa shape index (κ3) is 9.35. The van der Waals surface area contributed by atoms with Crippen molar-refractivity contribution in [3.05, 3.63) is 82.3 Å². The molecule has 0 spiro atoms. The molecule has 2 atom stereocenters. The molecule has 6 heterocycles. The summed E-state index contributed by atoms with van der Waals surface area (Å²) in [6, 6.07) is 11.2. The molecule has 4 aromatic heterocycles. The van der Waals surface area contributed by atoms with Gasteiger partial charge in [-0.2, -0.15) is 0 Å². The van der Waals surface area contributed by atoms with E-state index in [-0.39, 0.29) is 31.1 Å². The van der Waals surface area contributed by atoms with Crippen molar-refractivity contribution in [3.8, 4) is 39.5 Å². The number of carbonyl (C=O) groups excluding carboxylic acids is 3. The van der Waals surface area contributed by atoms with Crippen molar-refractivity contribution >= 4 is 40.3 Å². The number of H-pyrrole nitrogens is 2. The van der Waals surface area contributed by atoms with E-state index < -0.39 is 23.7 Å². The lowest BCUT2D eigenvalue weighted by atomic mass is 10.0. The van der Waals surface area contributed by atoms with Crippen LogP contribution in [0.15, 0.2) is 55.0 Å². The molecule has 2 aromatic carbocycles. The van der Waals surface area contributed by atoms with Gasteiger partial charge in [-0.15, -0.1) is 11.3 Å². The molecular formula is C47H56FN9O6S. The van der Waals surface area contributed by atoms with E-state index in [0.717, 1.165) is 57.7 Å². The zero-order chi connectivity index (χ0) is 45.3. The van der Waals surface area contributed by atoms with Crippen LogP contribution in [0.2, 0.25) is 0 Å². The molecule has 0 bridgehead atoms. The lowest BCUT2D eigenvalue weighted by Crippen LogP contribution is -2.40. The van der Waals surface area contributed by atoms with Gasteiger partial charge in [0.25, 0.3) is 0 Å². The Morgan fingerprint density at radius 2 is 1.75 bits per heavy atom. The van der Waals surface area contributed by atoms with E-state index in [9.17, 15) is 14.4 Å². The molecule has 6 aromatic rings. The topological polar surface area (TPSA) is 173 Å². The first-order valence-electron chi connectivity index (χ1n) is 22.1. The Morgan fingerprint density at radius 3 is 2.48 bits per heavy atom. The van der Waals surface area contributed by atoms with Gasteiger partial charge in [0, 0.05) is 41.7 Å². The Morgan fingerprint density at radius 1 is 0.984 bits per heavy atom. The molecule has 2 unspecified atom stereocenters. The highest BCUT2D eigenvalue weighted by molar-refractivity contribution is 7.11. The summed E-state index contributed by atoms with van der Waals surface area (Å²) >= 11 is 1.63. The zero-order valence-corrected chi connectivity index (χ0v) is 38.2. The SMILES string of the molecule is CCC.CCCN(Cc1ncc(-c2cc(F)c3c(c2)OC(c2cnc(C4CC4)s2)n2c-3cc3cc(-c4cnc(C5CCCN5C(=O)OC(C)(C)C)[nH]4)ccc32)[nH]1)C(=O)CNC(=O)OC. The average Bonchev–Trinajstić information content (AvgIpc) is 3.84. The van der Waals surface area contributed by atoms with Crippen LogP contribution in [0.3, 0.4) is 0 Å². The molecule has 1 saturated carbocycles. The molecule has 2 fully saturated rings. The van der Waals surface area contributed by atoms with E-state index in [4.69, 9.17) is 19.4 Å². The number of thiazole rings is 1. The van der Waals surface area contributed by atoms with E-state index in [0.29, 0.717) is 65.3 Å². The molecule has 3 N–H and O–H groups in total. The van der Waals surface area contributed by atoms with Crippen molar-refractivity contribution in [2.45, 2.75) is 110 Å². The number of nitrogens with zero attached hydrogens (tertiary/aromatic N) is 6. The monoisotopic (exact) mass is 893 g/mol. The minimum absolute atomic E-state index is 0.170. The number of hydrogen-bond donors (Lipinski definition) is 3. The van der Waals surface area contributed by atoms with Crippen LogP contribution in [0.25, 0.3) is 44.7 Å². The number of carbonyl (C=O) groups is 3. The number of aromatic amines is 2. The van der Waals surface area contributed by atoms with Crippen molar-refractivity contribution in [2.24, 2.45) is 0 Å². The molecule has 3 aliphatic rings. The molecule has 1 saturated heterocycles. The normalized spacial score (nSPS) is 16.7. The van der Waals surface area contributed by atoms with E-state index >= 15 is 4.39 Å². The number of imidazole rings is 2. The number of ether oxygens (including phenoxy) is 3. The number of methoxy groups -OCH3 is 1. The number of amides is 3. The predicted octanol–water partition coefficient (Wildman–Crippen LogP) is 10.1. The predicted molar refractivity (Wildman–Crippen MR) is 242 cm³/mol. The van der Waals surface area contributed by atoms with Gasteiger partial charge in [0.05, 0.1) is 70.1 Å².